The van der Waals surface area contributed by atoms with Crippen LogP contribution in [-0.2, 0) is 0 Å². The summed E-state index contributed by atoms with van der Waals surface area (Å²) in [4.78, 5) is 16.9. The molecule has 1 aromatic rings. The van der Waals surface area contributed by atoms with Crippen LogP contribution in [0.2, 0.25) is 0 Å². The molecule has 1 aliphatic heterocycles. The number of amides is 1. The van der Waals surface area contributed by atoms with Gasteiger partial charge < -0.3 is 10.0 Å². The summed E-state index contributed by atoms with van der Waals surface area (Å²) < 4.78 is 0. The average molecular weight is 184 g/mol. The van der Waals surface area contributed by atoms with Crippen molar-refractivity contribution < 1.29 is 9.90 Å². The molecule has 0 atom stereocenters. The van der Waals surface area contributed by atoms with Gasteiger partial charge in [-0.05, 0) is 0 Å². The summed E-state index contributed by atoms with van der Waals surface area (Å²) in [5.41, 5.74) is 2.11. The summed E-state index contributed by atoms with van der Waals surface area (Å²) in [5, 5.41) is 10.7. The zero-order valence-corrected chi connectivity index (χ0v) is 7.12. The van der Waals surface area contributed by atoms with Crippen LogP contribution < -0.4 is 0 Å². The highest BCUT2D eigenvalue weighted by atomic mass is 32.1. The molecule has 64 valence electrons. The fourth-order valence-corrected chi connectivity index (χ4v) is 1.63. The summed E-state index contributed by atoms with van der Waals surface area (Å²) in [6, 6.07) is 0. The third-order valence-corrected chi connectivity index (χ3v) is 2.39. The Labute approximate surface area is 73.5 Å². The van der Waals surface area contributed by atoms with Crippen molar-refractivity contribution in [2.45, 2.75) is 6.10 Å². The standard InChI is InChI=1S/C7H8N2O2S/c10-5-1-9(2-5)7(11)6-3-12-4-8-6/h3-5,10H,1-2H2. The third-order valence-electron chi connectivity index (χ3n) is 1.80. The van der Waals surface area contributed by atoms with Gasteiger partial charge in [-0.1, -0.05) is 0 Å². The summed E-state index contributed by atoms with van der Waals surface area (Å²) in [6.07, 6.45) is -0.340. The Hall–Kier alpha value is -0.940. The van der Waals surface area contributed by atoms with Gasteiger partial charge in [-0.15, -0.1) is 11.3 Å². The first kappa shape index (κ1) is 7.70. The first-order valence-electron chi connectivity index (χ1n) is 3.63. The SMILES string of the molecule is O=C(c1cscn1)N1CC(O)C1. The lowest BCUT2D eigenvalue weighted by Crippen LogP contribution is -2.53. The summed E-state index contributed by atoms with van der Waals surface area (Å²) in [5.74, 6) is -0.0819. The lowest BCUT2D eigenvalue weighted by molar-refractivity contribution is 0.00556. The molecular weight excluding hydrogens is 176 g/mol. The molecule has 1 amide bonds. The summed E-state index contributed by atoms with van der Waals surface area (Å²) in [7, 11) is 0. The zero-order valence-electron chi connectivity index (χ0n) is 6.30. The van der Waals surface area contributed by atoms with Crippen molar-refractivity contribution in [2.24, 2.45) is 0 Å². The van der Waals surface area contributed by atoms with Gasteiger partial charge in [0.2, 0.25) is 0 Å². The molecule has 1 saturated heterocycles. The lowest BCUT2D eigenvalue weighted by Gasteiger charge is -2.35. The van der Waals surface area contributed by atoms with Crippen LogP contribution >= 0.6 is 11.3 Å². The molecule has 2 heterocycles. The Morgan fingerprint density at radius 1 is 1.75 bits per heavy atom. The van der Waals surface area contributed by atoms with E-state index in [2.05, 4.69) is 4.98 Å². The van der Waals surface area contributed by atoms with E-state index in [1.165, 1.54) is 11.3 Å². The van der Waals surface area contributed by atoms with Gasteiger partial charge in [-0.3, -0.25) is 4.79 Å². The highest BCUT2D eigenvalue weighted by Gasteiger charge is 2.30. The van der Waals surface area contributed by atoms with E-state index in [-0.39, 0.29) is 12.0 Å². The highest BCUT2D eigenvalue weighted by molar-refractivity contribution is 7.07. The maximum absolute atomic E-state index is 11.4. The molecule has 0 bridgehead atoms. The molecule has 12 heavy (non-hydrogen) atoms. The average Bonchev–Trinajstić information content (AvgIpc) is 2.49. The van der Waals surface area contributed by atoms with Gasteiger partial charge in [0.25, 0.3) is 5.91 Å². The van der Waals surface area contributed by atoms with Crippen LogP contribution in [0.5, 0.6) is 0 Å². The molecule has 1 fully saturated rings. The number of aliphatic hydroxyl groups excluding tert-OH is 1. The van der Waals surface area contributed by atoms with Crippen LogP contribution in [0.3, 0.4) is 0 Å². The monoisotopic (exact) mass is 184 g/mol. The van der Waals surface area contributed by atoms with E-state index in [9.17, 15) is 4.79 Å². The van der Waals surface area contributed by atoms with Crippen molar-refractivity contribution in [2.75, 3.05) is 13.1 Å². The molecule has 1 aromatic heterocycles. The Balaban J connectivity index is 2.03. The minimum Gasteiger partial charge on any atom is -0.389 e. The first-order valence-corrected chi connectivity index (χ1v) is 4.57. The van der Waals surface area contributed by atoms with Gasteiger partial charge in [-0.2, -0.15) is 0 Å². The number of aromatic nitrogens is 1. The predicted octanol–water partition coefficient (Wildman–Crippen LogP) is -0.0402. The van der Waals surface area contributed by atoms with Crippen molar-refractivity contribution in [1.82, 2.24) is 9.88 Å². The summed E-state index contributed by atoms with van der Waals surface area (Å²) >= 11 is 1.40. The molecule has 5 heteroatoms. The van der Waals surface area contributed by atoms with Crippen molar-refractivity contribution >= 4 is 17.2 Å². The number of rotatable bonds is 1. The Morgan fingerprint density at radius 3 is 3.00 bits per heavy atom. The number of carbonyl (C=O) groups is 1. The number of hydrogen-bond acceptors (Lipinski definition) is 4. The zero-order chi connectivity index (χ0) is 8.55. The number of β-amino-alcohol motifs (C(OH)–C–C–N with tert-alkyl or cyclic N) is 1. The van der Waals surface area contributed by atoms with Crippen molar-refractivity contribution in [3.05, 3.63) is 16.6 Å². The minimum atomic E-state index is -0.340. The first-order chi connectivity index (χ1) is 5.77. The van der Waals surface area contributed by atoms with Gasteiger partial charge >= 0.3 is 0 Å². The Morgan fingerprint density at radius 2 is 2.50 bits per heavy atom. The van der Waals surface area contributed by atoms with Gasteiger partial charge in [0.15, 0.2) is 0 Å². The molecule has 0 saturated carbocycles. The number of nitrogens with zero attached hydrogens (tertiary/aromatic N) is 2. The van der Waals surface area contributed by atoms with Gasteiger partial charge in [0.05, 0.1) is 11.6 Å². The summed E-state index contributed by atoms with van der Waals surface area (Å²) in [6.45, 7) is 0.882. The Kier molecular flexibility index (Phi) is 1.82. The molecular formula is C7H8N2O2S. The van der Waals surface area contributed by atoms with Gasteiger partial charge in [-0.25, -0.2) is 4.98 Å². The fraction of sp³-hybridized carbons (Fsp3) is 0.429. The van der Waals surface area contributed by atoms with Crippen molar-refractivity contribution in [3.63, 3.8) is 0 Å². The minimum absolute atomic E-state index is 0.0819. The van der Waals surface area contributed by atoms with Crippen molar-refractivity contribution in [1.29, 1.82) is 0 Å². The Bertz CT molecular complexity index is 280. The molecule has 2 rings (SSSR count). The maximum Gasteiger partial charge on any atom is 0.273 e. The van der Waals surface area contributed by atoms with E-state index in [4.69, 9.17) is 5.11 Å². The second-order valence-corrected chi connectivity index (χ2v) is 3.46. The van der Waals surface area contributed by atoms with Crippen LogP contribution in [0.4, 0.5) is 0 Å². The van der Waals surface area contributed by atoms with Gasteiger partial charge in [0, 0.05) is 18.5 Å². The molecule has 1 N–H and O–H groups in total. The number of hydrogen-bond donors (Lipinski definition) is 1. The van der Waals surface area contributed by atoms with Crippen LogP contribution in [0.1, 0.15) is 10.5 Å². The molecule has 0 unspecified atom stereocenters. The number of carbonyl (C=O) groups excluding carboxylic acids is 1. The molecule has 0 aromatic carbocycles. The van der Waals surface area contributed by atoms with E-state index < -0.39 is 0 Å². The smallest absolute Gasteiger partial charge is 0.273 e. The number of aliphatic hydroxyl groups is 1. The van der Waals surface area contributed by atoms with E-state index in [0.29, 0.717) is 18.8 Å². The number of likely N-dealkylation sites (tertiary alicyclic amines) is 1. The predicted molar refractivity (Wildman–Crippen MR) is 44.0 cm³/mol. The second-order valence-electron chi connectivity index (χ2n) is 2.74. The van der Waals surface area contributed by atoms with Crippen LogP contribution in [0.15, 0.2) is 10.9 Å². The highest BCUT2D eigenvalue weighted by Crippen LogP contribution is 2.12. The largest absolute Gasteiger partial charge is 0.389 e. The van der Waals surface area contributed by atoms with Crippen LogP contribution in [0.25, 0.3) is 0 Å². The van der Waals surface area contributed by atoms with E-state index in [1.807, 2.05) is 0 Å². The third kappa shape index (κ3) is 1.21. The quantitative estimate of drug-likeness (QED) is 0.666. The number of thiazole rings is 1. The molecule has 0 spiro atoms. The van der Waals surface area contributed by atoms with E-state index in [1.54, 1.807) is 15.8 Å². The van der Waals surface area contributed by atoms with Crippen LogP contribution in [0, 0.1) is 0 Å². The lowest BCUT2D eigenvalue weighted by atomic mass is 10.1. The van der Waals surface area contributed by atoms with E-state index in [0.717, 1.165) is 0 Å². The topological polar surface area (TPSA) is 53.4 Å². The molecule has 4 nitrogen and oxygen atoms in total. The van der Waals surface area contributed by atoms with Crippen LogP contribution in [-0.4, -0.2) is 40.1 Å². The van der Waals surface area contributed by atoms with Crippen molar-refractivity contribution in [3.8, 4) is 0 Å². The normalized spacial score (nSPS) is 17.6. The molecule has 1 aliphatic rings. The fourth-order valence-electron chi connectivity index (χ4n) is 1.10. The molecule has 0 aliphatic carbocycles. The molecule has 0 radical (unpaired) electrons. The van der Waals surface area contributed by atoms with E-state index >= 15 is 0 Å². The second kappa shape index (κ2) is 2.84. The van der Waals surface area contributed by atoms with Gasteiger partial charge in [0.1, 0.15) is 5.69 Å². The maximum atomic E-state index is 11.4.